The van der Waals surface area contributed by atoms with E-state index in [1.165, 1.54) is 24.3 Å². The summed E-state index contributed by atoms with van der Waals surface area (Å²) in [5, 5.41) is 22.0. The van der Waals surface area contributed by atoms with Crippen molar-refractivity contribution in [3.05, 3.63) is 39.9 Å². The summed E-state index contributed by atoms with van der Waals surface area (Å²) in [5.74, 6) is -0.142. The van der Waals surface area contributed by atoms with E-state index in [-0.39, 0.29) is 11.3 Å². The quantitative estimate of drug-likeness (QED) is 0.431. The first-order valence-corrected chi connectivity index (χ1v) is 7.47. The molecule has 114 valence electrons. The highest BCUT2D eigenvalue weighted by atomic mass is 32.2. The third-order valence-corrected chi connectivity index (χ3v) is 3.63. The lowest BCUT2D eigenvalue weighted by Crippen LogP contribution is -2.41. The molecule has 0 saturated carbocycles. The summed E-state index contributed by atoms with van der Waals surface area (Å²) >= 11 is 1.59. The molecular weight excluding hydrogens is 296 g/mol. The Bertz CT molecular complexity index is 518. The van der Waals surface area contributed by atoms with Crippen LogP contribution in [0.1, 0.15) is 23.7 Å². The Morgan fingerprint density at radius 3 is 2.48 bits per heavy atom. The average molecular weight is 312 g/mol. The molecule has 0 aliphatic rings. The van der Waals surface area contributed by atoms with Crippen molar-refractivity contribution in [2.45, 2.75) is 19.4 Å². The molecule has 0 heterocycles. The van der Waals surface area contributed by atoms with Crippen LogP contribution in [0.3, 0.4) is 0 Å². The van der Waals surface area contributed by atoms with E-state index >= 15 is 0 Å². The lowest BCUT2D eigenvalue weighted by atomic mass is 10.1. The number of rotatable bonds is 8. The van der Waals surface area contributed by atoms with E-state index in [0.29, 0.717) is 12.2 Å². The zero-order valence-corrected chi connectivity index (χ0v) is 12.3. The van der Waals surface area contributed by atoms with Gasteiger partial charge in [-0.2, -0.15) is 11.8 Å². The zero-order valence-electron chi connectivity index (χ0n) is 11.4. The van der Waals surface area contributed by atoms with Crippen molar-refractivity contribution in [2.75, 3.05) is 11.5 Å². The number of benzene rings is 1. The Balaban J connectivity index is 2.68. The standard InChI is InChI=1S/C13H16N2O5S/c1-2-21-8-7-11(13(17)18)14-12(16)9-3-5-10(6-4-9)15(19)20/h3-6,11H,2,7-8H2,1H3,(H,14,16)(H,17,18). The predicted molar refractivity (Wildman–Crippen MR) is 79.6 cm³/mol. The Morgan fingerprint density at radius 1 is 1.38 bits per heavy atom. The summed E-state index contributed by atoms with van der Waals surface area (Å²) < 4.78 is 0. The van der Waals surface area contributed by atoms with Gasteiger partial charge in [0.15, 0.2) is 0 Å². The monoisotopic (exact) mass is 312 g/mol. The van der Waals surface area contributed by atoms with Crippen LogP contribution in [0.25, 0.3) is 0 Å². The molecule has 1 atom stereocenters. The number of nitro groups is 1. The minimum Gasteiger partial charge on any atom is -0.480 e. The van der Waals surface area contributed by atoms with E-state index in [9.17, 15) is 19.7 Å². The van der Waals surface area contributed by atoms with Crippen LogP contribution in [0.15, 0.2) is 24.3 Å². The maximum atomic E-state index is 11.9. The van der Waals surface area contributed by atoms with E-state index in [4.69, 9.17) is 5.11 Å². The van der Waals surface area contributed by atoms with Gasteiger partial charge < -0.3 is 10.4 Å². The molecule has 8 heteroatoms. The Labute approximate surface area is 125 Å². The lowest BCUT2D eigenvalue weighted by Gasteiger charge is -2.14. The van der Waals surface area contributed by atoms with Gasteiger partial charge in [0.05, 0.1) is 4.92 Å². The maximum absolute atomic E-state index is 11.9. The van der Waals surface area contributed by atoms with Gasteiger partial charge in [-0.25, -0.2) is 4.79 Å². The van der Waals surface area contributed by atoms with Crippen molar-refractivity contribution in [2.24, 2.45) is 0 Å². The first-order valence-electron chi connectivity index (χ1n) is 6.31. The number of nitro benzene ring substituents is 1. The highest BCUT2D eigenvalue weighted by Gasteiger charge is 2.20. The number of aliphatic carboxylic acids is 1. The number of carbonyl (C=O) groups excluding carboxylic acids is 1. The summed E-state index contributed by atoms with van der Waals surface area (Å²) in [5.41, 5.74) is 0.0654. The first-order chi connectivity index (χ1) is 9.95. The van der Waals surface area contributed by atoms with E-state index in [0.717, 1.165) is 5.75 Å². The number of amides is 1. The summed E-state index contributed by atoms with van der Waals surface area (Å²) in [4.78, 5) is 33.0. The van der Waals surface area contributed by atoms with Crippen molar-refractivity contribution < 1.29 is 19.6 Å². The van der Waals surface area contributed by atoms with E-state index < -0.39 is 22.8 Å². The van der Waals surface area contributed by atoms with Crippen molar-refractivity contribution in [3.63, 3.8) is 0 Å². The summed E-state index contributed by atoms with van der Waals surface area (Å²) in [6.45, 7) is 1.97. The molecule has 0 radical (unpaired) electrons. The van der Waals surface area contributed by atoms with Gasteiger partial charge in [0.1, 0.15) is 6.04 Å². The van der Waals surface area contributed by atoms with Crippen LogP contribution < -0.4 is 5.32 Å². The molecule has 1 rings (SSSR count). The smallest absolute Gasteiger partial charge is 0.326 e. The van der Waals surface area contributed by atoms with Gasteiger partial charge in [0.2, 0.25) is 0 Å². The minimum atomic E-state index is -1.10. The van der Waals surface area contributed by atoms with E-state index in [1.807, 2.05) is 6.92 Å². The molecule has 1 unspecified atom stereocenters. The number of hydrogen-bond acceptors (Lipinski definition) is 5. The molecule has 7 nitrogen and oxygen atoms in total. The molecule has 0 spiro atoms. The molecule has 1 aromatic carbocycles. The van der Waals surface area contributed by atoms with Crippen LogP contribution in [-0.2, 0) is 4.79 Å². The summed E-state index contributed by atoms with van der Waals surface area (Å²) in [6, 6.07) is 4.04. The Hall–Kier alpha value is -2.09. The van der Waals surface area contributed by atoms with E-state index in [1.54, 1.807) is 11.8 Å². The van der Waals surface area contributed by atoms with Crippen LogP contribution in [0.4, 0.5) is 5.69 Å². The molecule has 0 bridgehead atoms. The maximum Gasteiger partial charge on any atom is 0.326 e. The zero-order chi connectivity index (χ0) is 15.8. The van der Waals surface area contributed by atoms with E-state index in [2.05, 4.69) is 5.32 Å². The van der Waals surface area contributed by atoms with Crippen LogP contribution in [-0.4, -0.2) is 39.5 Å². The molecule has 0 saturated heterocycles. The Morgan fingerprint density at radius 2 is 2.00 bits per heavy atom. The molecule has 2 N–H and O–H groups in total. The third kappa shape index (κ3) is 5.42. The molecule has 1 amide bonds. The minimum absolute atomic E-state index is 0.124. The topological polar surface area (TPSA) is 110 Å². The molecule has 21 heavy (non-hydrogen) atoms. The van der Waals surface area contributed by atoms with Crippen LogP contribution in [0.2, 0.25) is 0 Å². The van der Waals surface area contributed by atoms with Crippen molar-refractivity contribution in [1.82, 2.24) is 5.32 Å². The SMILES string of the molecule is CCSCCC(NC(=O)c1ccc([N+](=O)[O-])cc1)C(=O)O. The summed E-state index contributed by atoms with van der Waals surface area (Å²) in [6.07, 6.45) is 0.326. The largest absolute Gasteiger partial charge is 0.480 e. The van der Waals surface area contributed by atoms with Crippen molar-refractivity contribution >= 4 is 29.3 Å². The number of carbonyl (C=O) groups is 2. The second kappa shape index (κ2) is 8.25. The van der Waals surface area contributed by atoms with Crippen molar-refractivity contribution in [3.8, 4) is 0 Å². The molecule has 0 aliphatic heterocycles. The van der Waals surface area contributed by atoms with Gasteiger partial charge >= 0.3 is 5.97 Å². The number of thioether (sulfide) groups is 1. The normalized spacial score (nSPS) is 11.7. The fourth-order valence-electron chi connectivity index (χ4n) is 1.58. The molecule has 0 aromatic heterocycles. The second-order valence-electron chi connectivity index (χ2n) is 4.15. The van der Waals surface area contributed by atoms with Gasteiger partial charge in [0, 0.05) is 17.7 Å². The van der Waals surface area contributed by atoms with Crippen LogP contribution in [0, 0.1) is 10.1 Å². The van der Waals surface area contributed by atoms with Crippen LogP contribution >= 0.6 is 11.8 Å². The van der Waals surface area contributed by atoms with Crippen LogP contribution in [0.5, 0.6) is 0 Å². The van der Waals surface area contributed by atoms with Crippen molar-refractivity contribution in [1.29, 1.82) is 0 Å². The third-order valence-electron chi connectivity index (χ3n) is 2.70. The molecule has 0 aliphatic carbocycles. The number of nitrogens with one attached hydrogen (secondary N) is 1. The molecular formula is C13H16N2O5S. The fourth-order valence-corrected chi connectivity index (χ4v) is 2.27. The van der Waals surface area contributed by atoms with Gasteiger partial charge in [-0.3, -0.25) is 14.9 Å². The van der Waals surface area contributed by atoms with Gasteiger partial charge in [-0.1, -0.05) is 6.92 Å². The first kappa shape index (κ1) is 17.0. The Kier molecular flexibility index (Phi) is 6.67. The number of non-ortho nitro benzene ring substituents is 1. The fraction of sp³-hybridized carbons (Fsp3) is 0.385. The molecule has 1 aromatic rings. The predicted octanol–water partition coefficient (Wildman–Crippen LogP) is 1.92. The van der Waals surface area contributed by atoms with Gasteiger partial charge in [-0.05, 0) is 30.1 Å². The number of hydrogen-bond donors (Lipinski definition) is 2. The van der Waals surface area contributed by atoms with Gasteiger partial charge in [0.25, 0.3) is 11.6 Å². The lowest BCUT2D eigenvalue weighted by molar-refractivity contribution is -0.384. The molecule has 0 fully saturated rings. The number of carboxylic acids is 1. The average Bonchev–Trinajstić information content (AvgIpc) is 2.46. The number of nitrogens with zero attached hydrogens (tertiary/aromatic N) is 1. The highest BCUT2D eigenvalue weighted by molar-refractivity contribution is 7.99. The second-order valence-corrected chi connectivity index (χ2v) is 5.55. The summed E-state index contributed by atoms with van der Waals surface area (Å²) in [7, 11) is 0. The van der Waals surface area contributed by atoms with Gasteiger partial charge in [-0.15, -0.1) is 0 Å². The highest BCUT2D eigenvalue weighted by Crippen LogP contribution is 2.12. The number of carboxylic acid groups (broad SMARTS) is 1.